The largest absolute Gasteiger partial charge is 0.467 e. The molecule has 10 heteroatoms. The van der Waals surface area contributed by atoms with Gasteiger partial charge in [-0.25, -0.2) is 9.59 Å². The number of methoxy groups -OCH3 is 2. The molecule has 0 unspecified atom stereocenters. The molecule has 2 N–H and O–H groups in total. The van der Waals surface area contributed by atoms with Crippen molar-refractivity contribution in [2.45, 2.75) is 24.9 Å². The fourth-order valence-electron chi connectivity index (χ4n) is 4.70. The van der Waals surface area contributed by atoms with Gasteiger partial charge in [0.15, 0.2) is 0 Å². The molecular weight excluding hydrogens is 440 g/mol. The summed E-state index contributed by atoms with van der Waals surface area (Å²) in [5.74, 6) is -1.85. The highest BCUT2D eigenvalue weighted by Gasteiger charge is 2.36. The lowest BCUT2D eigenvalue weighted by atomic mass is 9.98. The first-order chi connectivity index (χ1) is 16.2. The highest BCUT2D eigenvalue weighted by atomic mass is 16.5. The molecule has 1 aromatic rings. The first-order valence-corrected chi connectivity index (χ1v) is 11.5. The molecule has 0 radical (unpaired) electrons. The summed E-state index contributed by atoms with van der Waals surface area (Å²) in [6, 6.07) is 4.61. The van der Waals surface area contributed by atoms with Gasteiger partial charge in [-0.2, -0.15) is 0 Å². The van der Waals surface area contributed by atoms with Crippen LogP contribution in [0.5, 0.6) is 0 Å². The van der Waals surface area contributed by atoms with Crippen LogP contribution in [0.25, 0.3) is 0 Å². The standard InChI is InChI=1S/C24H34N4O6/c1-27-11-9-17(13-27)19(23(31)33-3)25-21(29)15-5-7-16(8-6-15)22(30)26-20(24(32)34-4)18-10-12-28(2)14-18/h5-8,17-20H,9-14H2,1-4H3,(H,25,29)(H,26,30)/t17-,18-,19+,20+/m1/s1. The fraction of sp³-hybridized carbons (Fsp3) is 0.583. The number of nitrogens with zero attached hydrogens (tertiary/aromatic N) is 2. The van der Waals surface area contributed by atoms with Gasteiger partial charge in [0.05, 0.1) is 14.2 Å². The van der Waals surface area contributed by atoms with Crippen LogP contribution in [0.15, 0.2) is 24.3 Å². The Morgan fingerprint density at radius 3 is 1.38 bits per heavy atom. The van der Waals surface area contributed by atoms with Crippen LogP contribution in [-0.4, -0.2) is 100 Å². The van der Waals surface area contributed by atoms with Gasteiger partial charge in [-0.05, 0) is 64.3 Å². The van der Waals surface area contributed by atoms with Crippen LogP contribution in [0, 0.1) is 11.8 Å². The van der Waals surface area contributed by atoms with E-state index >= 15 is 0 Å². The summed E-state index contributed by atoms with van der Waals surface area (Å²) in [5, 5.41) is 5.57. The third kappa shape index (κ3) is 6.12. The zero-order valence-corrected chi connectivity index (χ0v) is 20.2. The second kappa shape index (κ2) is 11.4. The van der Waals surface area contributed by atoms with E-state index in [9.17, 15) is 19.2 Å². The van der Waals surface area contributed by atoms with Gasteiger partial charge in [-0.3, -0.25) is 9.59 Å². The first-order valence-electron chi connectivity index (χ1n) is 11.5. The molecule has 0 spiro atoms. The number of carbonyl (C=O) groups is 4. The van der Waals surface area contributed by atoms with Crippen LogP contribution in [-0.2, 0) is 19.1 Å². The second-order valence-electron chi connectivity index (χ2n) is 9.15. The molecule has 34 heavy (non-hydrogen) atoms. The highest BCUT2D eigenvalue weighted by molar-refractivity contribution is 6.00. The molecule has 2 saturated heterocycles. The Balaban J connectivity index is 1.65. The Labute approximate surface area is 199 Å². The third-order valence-corrected chi connectivity index (χ3v) is 6.69. The maximum Gasteiger partial charge on any atom is 0.328 e. The van der Waals surface area contributed by atoms with Crippen LogP contribution in [0.1, 0.15) is 33.6 Å². The van der Waals surface area contributed by atoms with Crippen molar-refractivity contribution in [1.82, 2.24) is 20.4 Å². The summed E-state index contributed by atoms with van der Waals surface area (Å²) in [5.41, 5.74) is 0.637. The molecule has 2 amide bonds. The van der Waals surface area contributed by atoms with Crippen molar-refractivity contribution in [3.05, 3.63) is 35.4 Å². The summed E-state index contributed by atoms with van der Waals surface area (Å²) in [4.78, 5) is 54.4. The van der Waals surface area contributed by atoms with E-state index in [0.29, 0.717) is 24.2 Å². The lowest BCUT2D eigenvalue weighted by Gasteiger charge is -2.23. The molecule has 2 aliphatic rings. The normalized spacial score (nSPS) is 22.6. The van der Waals surface area contributed by atoms with Crippen molar-refractivity contribution in [2.24, 2.45) is 11.8 Å². The molecule has 2 fully saturated rings. The van der Waals surface area contributed by atoms with E-state index in [2.05, 4.69) is 20.4 Å². The molecule has 186 valence electrons. The molecule has 2 aliphatic heterocycles. The van der Waals surface area contributed by atoms with E-state index in [1.165, 1.54) is 38.5 Å². The molecule has 2 heterocycles. The van der Waals surface area contributed by atoms with Crippen molar-refractivity contribution >= 4 is 23.8 Å². The quantitative estimate of drug-likeness (QED) is 0.511. The van der Waals surface area contributed by atoms with Crippen LogP contribution in [0.2, 0.25) is 0 Å². The van der Waals surface area contributed by atoms with Gasteiger partial charge < -0.3 is 29.9 Å². The number of nitrogens with one attached hydrogen (secondary N) is 2. The van der Waals surface area contributed by atoms with Gasteiger partial charge in [-0.1, -0.05) is 0 Å². The number of hydrogen-bond donors (Lipinski definition) is 2. The van der Waals surface area contributed by atoms with Crippen molar-refractivity contribution in [2.75, 3.05) is 54.5 Å². The number of amides is 2. The van der Waals surface area contributed by atoms with Crippen molar-refractivity contribution < 1.29 is 28.7 Å². The number of likely N-dealkylation sites (tertiary alicyclic amines) is 2. The van der Waals surface area contributed by atoms with Crippen LogP contribution in [0.4, 0.5) is 0 Å². The number of hydrogen-bond acceptors (Lipinski definition) is 8. The zero-order chi connectivity index (χ0) is 24.8. The van der Waals surface area contributed by atoms with Crippen LogP contribution in [0.3, 0.4) is 0 Å². The van der Waals surface area contributed by atoms with E-state index < -0.39 is 35.8 Å². The van der Waals surface area contributed by atoms with E-state index in [1.54, 1.807) is 0 Å². The minimum absolute atomic E-state index is 0.0312. The van der Waals surface area contributed by atoms with E-state index in [-0.39, 0.29) is 11.8 Å². The van der Waals surface area contributed by atoms with Gasteiger partial charge in [0.25, 0.3) is 11.8 Å². The zero-order valence-electron chi connectivity index (χ0n) is 20.2. The lowest BCUT2D eigenvalue weighted by Crippen LogP contribution is -2.47. The van der Waals surface area contributed by atoms with Crippen molar-refractivity contribution in [3.63, 3.8) is 0 Å². The highest BCUT2D eigenvalue weighted by Crippen LogP contribution is 2.21. The summed E-state index contributed by atoms with van der Waals surface area (Å²) < 4.78 is 9.79. The maximum atomic E-state index is 12.8. The second-order valence-corrected chi connectivity index (χ2v) is 9.15. The molecule has 3 rings (SSSR count). The molecule has 0 bridgehead atoms. The topological polar surface area (TPSA) is 117 Å². The van der Waals surface area contributed by atoms with Gasteiger partial charge in [0, 0.05) is 36.1 Å². The molecular formula is C24H34N4O6. The fourth-order valence-corrected chi connectivity index (χ4v) is 4.70. The molecule has 0 saturated carbocycles. The molecule has 1 aromatic carbocycles. The Morgan fingerprint density at radius 1 is 0.765 bits per heavy atom. The van der Waals surface area contributed by atoms with Gasteiger partial charge >= 0.3 is 11.9 Å². The average molecular weight is 475 g/mol. The Kier molecular flexibility index (Phi) is 8.62. The minimum atomic E-state index is -0.740. The first kappa shape index (κ1) is 25.6. The molecule has 10 nitrogen and oxygen atoms in total. The van der Waals surface area contributed by atoms with Crippen LogP contribution >= 0.6 is 0 Å². The molecule has 4 atom stereocenters. The maximum absolute atomic E-state index is 12.8. The Bertz CT molecular complexity index is 832. The van der Waals surface area contributed by atoms with E-state index in [1.807, 2.05) is 14.1 Å². The van der Waals surface area contributed by atoms with E-state index in [0.717, 1.165) is 25.9 Å². The summed E-state index contributed by atoms with van der Waals surface area (Å²) in [7, 11) is 6.54. The van der Waals surface area contributed by atoms with Gasteiger partial charge in [-0.15, -0.1) is 0 Å². The Hall–Kier alpha value is -2.98. The number of benzene rings is 1. The monoisotopic (exact) mass is 474 g/mol. The lowest BCUT2D eigenvalue weighted by molar-refractivity contribution is -0.145. The predicted octanol–water partition coefficient (Wildman–Crippen LogP) is 0.133. The van der Waals surface area contributed by atoms with Crippen molar-refractivity contribution in [1.29, 1.82) is 0 Å². The number of esters is 2. The smallest absolute Gasteiger partial charge is 0.328 e. The Morgan fingerprint density at radius 2 is 1.12 bits per heavy atom. The van der Waals surface area contributed by atoms with Crippen LogP contribution < -0.4 is 10.6 Å². The van der Waals surface area contributed by atoms with Crippen molar-refractivity contribution in [3.8, 4) is 0 Å². The summed E-state index contributed by atoms with van der Waals surface area (Å²) >= 11 is 0. The number of ether oxygens (including phenoxy) is 2. The number of rotatable bonds is 8. The minimum Gasteiger partial charge on any atom is -0.467 e. The van der Waals surface area contributed by atoms with Gasteiger partial charge in [0.2, 0.25) is 0 Å². The number of carbonyl (C=O) groups excluding carboxylic acids is 4. The van der Waals surface area contributed by atoms with Gasteiger partial charge in [0.1, 0.15) is 12.1 Å². The summed E-state index contributed by atoms with van der Waals surface area (Å²) in [6.07, 6.45) is 1.57. The van der Waals surface area contributed by atoms with E-state index in [4.69, 9.17) is 9.47 Å². The average Bonchev–Trinajstić information content (AvgIpc) is 3.47. The summed E-state index contributed by atoms with van der Waals surface area (Å²) in [6.45, 7) is 3.08. The predicted molar refractivity (Wildman–Crippen MR) is 124 cm³/mol. The third-order valence-electron chi connectivity index (χ3n) is 6.69. The molecule has 0 aromatic heterocycles. The SMILES string of the molecule is COC(=O)[C@@H](NC(=O)c1ccc(C(=O)N[C@H](C(=O)OC)[C@@H]2CCN(C)C2)cc1)[C@@H]1CCN(C)C1. The molecule has 0 aliphatic carbocycles.